The van der Waals surface area contributed by atoms with Gasteiger partial charge in [-0.1, -0.05) is 0 Å². The molecule has 0 saturated carbocycles. The van der Waals surface area contributed by atoms with Gasteiger partial charge in [0.05, 0.1) is 19.9 Å². The van der Waals surface area contributed by atoms with Gasteiger partial charge in [0.2, 0.25) is 11.9 Å². The first-order valence-electron chi connectivity index (χ1n) is 6.43. The number of nitrogens with zero attached hydrogens (tertiary/aromatic N) is 2. The lowest BCUT2D eigenvalue weighted by molar-refractivity contribution is 0.405. The van der Waals surface area contributed by atoms with E-state index in [0.29, 0.717) is 22.9 Å². The predicted octanol–water partition coefficient (Wildman–Crippen LogP) is 1.15. The van der Waals surface area contributed by atoms with Crippen molar-refractivity contribution in [1.29, 1.82) is 0 Å². The molecule has 0 atom stereocenters. The molecule has 8 heteroatoms. The van der Waals surface area contributed by atoms with Crippen LogP contribution in [0.25, 0.3) is 0 Å². The SMILES string of the molecule is COc1ccc(OC)c(NC(N)=Nc2nc(C)cc(=O)[nH]2)c1. The molecule has 116 valence electrons. The van der Waals surface area contributed by atoms with E-state index in [4.69, 9.17) is 15.2 Å². The summed E-state index contributed by atoms with van der Waals surface area (Å²) < 4.78 is 10.4. The van der Waals surface area contributed by atoms with Crippen LogP contribution in [0.5, 0.6) is 11.5 Å². The molecule has 0 spiro atoms. The standard InChI is InChI=1S/C14H17N5O3/c1-8-6-12(20)18-14(16-8)19-13(15)17-10-7-9(21-2)4-5-11(10)22-3/h4-7H,1-3H3,(H4,15,16,17,18,19,20). The number of methoxy groups -OCH3 is 2. The summed E-state index contributed by atoms with van der Waals surface area (Å²) in [6.45, 7) is 1.70. The number of aliphatic imine (C=N–C) groups is 1. The van der Waals surface area contributed by atoms with Crippen LogP contribution in [-0.4, -0.2) is 30.1 Å². The molecule has 0 fully saturated rings. The molecule has 0 aliphatic heterocycles. The number of H-pyrrole nitrogens is 1. The number of rotatable bonds is 4. The Kier molecular flexibility index (Phi) is 4.62. The summed E-state index contributed by atoms with van der Waals surface area (Å²) in [5, 5.41) is 2.88. The molecule has 22 heavy (non-hydrogen) atoms. The Bertz CT molecular complexity index is 754. The third-order valence-corrected chi connectivity index (χ3v) is 2.75. The van der Waals surface area contributed by atoms with Crippen molar-refractivity contribution in [2.75, 3.05) is 19.5 Å². The van der Waals surface area contributed by atoms with Gasteiger partial charge in [0.25, 0.3) is 5.56 Å². The van der Waals surface area contributed by atoms with Crippen molar-refractivity contribution in [2.24, 2.45) is 10.7 Å². The van der Waals surface area contributed by atoms with Crippen LogP contribution in [0.3, 0.4) is 0 Å². The summed E-state index contributed by atoms with van der Waals surface area (Å²) in [7, 11) is 3.10. The van der Waals surface area contributed by atoms with Crippen molar-refractivity contribution in [1.82, 2.24) is 9.97 Å². The Morgan fingerprint density at radius 3 is 2.73 bits per heavy atom. The summed E-state index contributed by atoms with van der Waals surface area (Å²) in [5.74, 6) is 1.39. The highest BCUT2D eigenvalue weighted by atomic mass is 16.5. The van der Waals surface area contributed by atoms with Crippen LogP contribution in [-0.2, 0) is 0 Å². The van der Waals surface area contributed by atoms with Gasteiger partial charge in [-0.3, -0.25) is 9.78 Å². The number of aromatic amines is 1. The summed E-state index contributed by atoms with van der Waals surface area (Å²) in [5.41, 5.74) is 6.67. The first-order valence-corrected chi connectivity index (χ1v) is 6.43. The first-order chi connectivity index (χ1) is 10.5. The number of nitrogens with one attached hydrogen (secondary N) is 2. The molecule has 2 rings (SSSR count). The summed E-state index contributed by atoms with van der Waals surface area (Å²) in [6.07, 6.45) is 0. The molecule has 2 aromatic rings. The van der Waals surface area contributed by atoms with E-state index in [1.807, 2.05) is 0 Å². The minimum absolute atomic E-state index is 0.0558. The number of anilines is 1. The molecule has 8 nitrogen and oxygen atoms in total. The normalized spacial score (nSPS) is 11.1. The number of aromatic nitrogens is 2. The highest BCUT2D eigenvalue weighted by Crippen LogP contribution is 2.28. The highest BCUT2D eigenvalue weighted by molar-refractivity contribution is 5.95. The van der Waals surface area contributed by atoms with Crippen molar-refractivity contribution in [3.8, 4) is 11.5 Å². The van der Waals surface area contributed by atoms with E-state index in [0.717, 1.165) is 0 Å². The van der Waals surface area contributed by atoms with E-state index in [1.165, 1.54) is 6.07 Å². The maximum absolute atomic E-state index is 11.4. The molecule has 1 aromatic carbocycles. The number of nitrogens with two attached hydrogens (primary N) is 1. The van der Waals surface area contributed by atoms with E-state index in [1.54, 1.807) is 39.3 Å². The minimum atomic E-state index is -0.294. The fourth-order valence-electron chi connectivity index (χ4n) is 1.81. The second-order valence-electron chi connectivity index (χ2n) is 4.40. The fraction of sp³-hybridized carbons (Fsp3) is 0.214. The van der Waals surface area contributed by atoms with Crippen molar-refractivity contribution < 1.29 is 9.47 Å². The van der Waals surface area contributed by atoms with Crippen LogP contribution in [0.15, 0.2) is 34.1 Å². The third kappa shape index (κ3) is 3.75. The average molecular weight is 303 g/mol. The van der Waals surface area contributed by atoms with Gasteiger partial charge in [0.1, 0.15) is 11.5 Å². The average Bonchev–Trinajstić information content (AvgIpc) is 2.45. The molecular weight excluding hydrogens is 286 g/mol. The molecule has 1 aromatic heterocycles. The summed E-state index contributed by atoms with van der Waals surface area (Å²) >= 11 is 0. The number of ether oxygens (including phenoxy) is 2. The number of hydrogen-bond donors (Lipinski definition) is 3. The Balaban J connectivity index is 2.29. The highest BCUT2D eigenvalue weighted by Gasteiger charge is 2.06. The number of guanidine groups is 1. The van der Waals surface area contributed by atoms with E-state index in [2.05, 4.69) is 20.3 Å². The van der Waals surface area contributed by atoms with Crippen molar-refractivity contribution in [3.05, 3.63) is 40.3 Å². The quantitative estimate of drug-likeness (QED) is 0.576. The van der Waals surface area contributed by atoms with Gasteiger partial charge in [0, 0.05) is 17.8 Å². The second kappa shape index (κ2) is 6.61. The lowest BCUT2D eigenvalue weighted by atomic mass is 10.2. The fourth-order valence-corrected chi connectivity index (χ4v) is 1.81. The van der Waals surface area contributed by atoms with Gasteiger partial charge in [-0.15, -0.1) is 0 Å². The van der Waals surface area contributed by atoms with Crippen LogP contribution < -0.4 is 26.1 Å². The maximum atomic E-state index is 11.4. The van der Waals surface area contributed by atoms with Crippen molar-refractivity contribution in [2.45, 2.75) is 6.92 Å². The van der Waals surface area contributed by atoms with Crippen LogP contribution in [0.2, 0.25) is 0 Å². The summed E-state index contributed by atoms with van der Waals surface area (Å²) in [6, 6.07) is 6.58. The zero-order valence-electron chi connectivity index (χ0n) is 12.5. The molecule has 0 amide bonds. The lowest BCUT2D eigenvalue weighted by Gasteiger charge is -2.11. The van der Waals surface area contributed by atoms with E-state index >= 15 is 0 Å². The van der Waals surface area contributed by atoms with E-state index < -0.39 is 0 Å². The molecular formula is C14H17N5O3. The van der Waals surface area contributed by atoms with Crippen molar-refractivity contribution in [3.63, 3.8) is 0 Å². The zero-order valence-corrected chi connectivity index (χ0v) is 12.5. The van der Waals surface area contributed by atoms with Gasteiger partial charge >= 0.3 is 0 Å². The molecule has 1 heterocycles. The molecule has 0 bridgehead atoms. The third-order valence-electron chi connectivity index (χ3n) is 2.75. The van der Waals surface area contributed by atoms with Gasteiger partial charge in [-0.05, 0) is 19.1 Å². The maximum Gasteiger partial charge on any atom is 0.252 e. The van der Waals surface area contributed by atoms with Gasteiger partial charge < -0.3 is 20.5 Å². The van der Waals surface area contributed by atoms with Crippen molar-refractivity contribution >= 4 is 17.6 Å². The van der Waals surface area contributed by atoms with Gasteiger partial charge in [0.15, 0.2) is 0 Å². The smallest absolute Gasteiger partial charge is 0.252 e. The molecule has 0 radical (unpaired) electrons. The van der Waals surface area contributed by atoms with E-state index in [-0.39, 0.29) is 17.5 Å². The number of benzene rings is 1. The van der Waals surface area contributed by atoms with Crippen LogP contribution in [0.4, 0.5) is 11.6 Å². The zero-order chi connectivity index (χ0) is 16.1. The monoisotopic (exact) mass is 303 g/mol. The minimum Gasteiger partial charge on any atom is -0.497 e. The predicted molar refractivity (Wildman–Crippen MR) is 84.0 cm³/mol. The number of aryl methyl sites for hydroxylation is 1. The molecule has 0 saturated heterocycles. The number of hydrogen-bond acceptors (Lipinski definition) is 5. The largest absolute Gasteiger partial charge is 0.497 e. The van der Waals surface area contributed by atoms with Crippen LogP contribution in [0, 0.1) is 6.92 Å². The summed E-state index contributed by atoms with van der Waals surface area (Å²) in [4.78, 5) is 22.0. The Morgan fingerprint density at radius 1 is 1.32 bits per heavy atom. The second-order valence-corrected chi connectivity index (χ2v) is 4.40. The molecule has 0 aliphatic carbocycles. The van der Waals surface area contributed by atoms with Gasteiger partial charge in [-0.25, -0.2) is 4.98 Å². The Labute approximate surface area is 127 Å². The molecule has 0 aliphatic rings. The topological polar surface area (TPSA) is 115 Å². The van der Waals surface area contributed by atoms with E-state index in [9.17, 15) is 4.79 Å². The van der Waals surface area contributed by atoms with Crippen LogP contribution >= 0.6 is 0 Å². The Morgan fingerprint density at radius 2 is 2.09 bits per heavy atom. The molecule has 4 N–H and O–H groups in total. The van der Waals surface area contributed by atoms with Crippen LogP contribution in [0.1, 0.15) is 5.69 Å². The van der Waals surface area contributed by atoms with Gasteiger partial charge in [-0.2, -0.15) is 4.99 Å². The molecule has 0 unspecified atom stereocenters. The Hall–Kier alpha value is -3.03. The first kappa shape index (κ1) is 15.4. The lowest BCUT2D eigenvalue weighted by Crippen LogP contribution is -2.23.